The molecule has 1 N–H and O–H groups in total. The SMILES string of the molecule is CC[C@H](C(=O)NC(C)C)N(Cc1cccc(C)c1)C(=O)Cc1ccccc1C. The van der Waals surface area contributed by atoms with Gasteiger partial charge in [0, 0.05) is 12.6 Å². The number of aryl methyl sites for hydroxylation is 2. The third-order valence-corrected chi connectivity index (χ3v) is 4.86. The number of benzene rings is 2. The van der Waals surface area contributed by atoms with Crippen molar-refractivity contribution in [3.63, 3.8) is 0 Å². The van der Waals surface area contributed by atoms with Crippen LogP contribution < -0.4 is 5.32 Å². The van der Waals surface area contributed by atoms with Gasteiger partial charge in [0.05, 0.1) is 6.42 Å². The fraction of sp³-hybridized carbons (Fsp3) is 0.417. The molecule has 28 heavy (non-hydrogen) atoms. The molecule has 0 radical (unpaired) electrons. The van der Waals surface area contributed by atoms with Gasteiger partial charge < -0.3 is 10.2 Å². The van der Waals surface area contributed by atoms with E-state index in [1.54, 1.807) is 4.90 Å². The maximum absolute atomic E-state index is 13.3. The van der Waals surface area contributed by atoms with E-state index >= 15 is 0 Å². The summed E-state index contributed by atoms with van der Waals surface area (Å²) in [5, 5.41) is 2.97. The van der Waals surface area contributed by atoms with Gasteiger partial charge in [-0.1, -0.05) is 61.0 Å². The van der Waals surface area contributed by atoms with E-state index in [2.05, 4.69) is 11.4 Å². The van der Waals surface area contributed by atoms with Gasteiger partial charge in [-0.15, -0.1) is 0 Å². The number of hydrogen-bond acceptors (Lipinski definition) is 2. The molecule has 0 unspecified atom stereocenters. The van der Waals surface area contributed by atoms with Crippen molar-refractivity contribution in [2.45, 2.75) is 66.1 Å². The summed E-state index contributed by atoms with van der Waals surface area (Å²) in [6.45, 7) is 10.3. The average molecular weight is 381 g/mol. The Labute approximate surface area is 169 Å². The summed E-state index contributed by atoms with van der Waals surface area (Å²) in [5.74, 6) is -0.121. The predicted octanol–water partition coefficient (Wildman–Crippen LogP) is 4.18. The number of rotatable bonds is 8. The van der Waals surface area contributed by atoms with Crippen molar-refractivity contribution in [2.75, 3.05) is 0 Å². The predicted molar refractivity (Wildman–Crippen MR) is 114 cm³/mol. The Morgan fingerprint density at radius 2 is 1.75 bits per heavy atom. The zero-order valence-corrected chi connectivity index (χ0v) is 17.7. The maximum Gasteiger partial charge on any atom is 0.243 e. The molecule has 0 saturated heterocycles. The van der Waals surface area contributed by atoms with E-state index in [-0.39, 0.29) is 17.9 Å². The molecular weight excluding hydrogens is 348 g/mol. The van der Waals surface area contributed by atoms with Gasteiger partial charge in [0.25, 0.3) is 0 Å². The highest BCUT2D eigenvalue weighted by molar-refractivity contribution is 5.88. The molecule has 4 heteroatoms. The van der Waals surface area contributed by atoms with Crippen LogP contribution in [0.3, 0.4) is 0 Å². The Morgan fingerprint density at radius 1 is 1.04 bits per heavy atom. The van der Waals surface area contributed by atoms with Gasteiger partial charge in [-0.05, 0) is 50.8 Å². The minimum Gasteiger partial charge on any atom is -0.352 e. The molecule has 0 aliphatic carbocycles. The molecule has 0 aliphatic rings. The third kappa shape index (κ3) is 5.95. The normalized spacial score (nSPS) is 11.9. The Balaban J connectivity index is 2.32. The molecule has 150 valence electrons. The van der Waals surface area contributed by atoms with Crippen LogP contribution in [-0.4, -0.2) is 28.8 Å². The molecule has 0 saturated carbocycles. The molecule has 0 aliphatic heterocycles. The molecule has 4 nitrogen and oxygen atoms in total. The van der Waals surface area contributed by atoms with Crippen LogP contribution in [0.4, 0.5) is 0 Å². The van der Waals surface area contributed by atoms with Crippen molar-refractivity contribution < 1.29 is 9.59 Å². The van der Waals surface area contributed by atoms with Crippen molar-refractivity contribution in [1.29, 1.82) is 0 Å². The fourth-order valence-electron chi connectivity index (χ4n) is 3.38. The van der Waals surface area contributed by atoms with Gasteiger partial charge in [-0.2, -0.15) is 0 Å². The molecule has 0 spiro atoms. The monoisotopic (exact) mass is 380 g/mol. The lowest BCUT2D eigenvalue weighted by Gasteiger charge is -2.31. The highest BCUT2D eigenvalue weighted by Gasteiger charge is 2.29. The average Bonchev–Trinajstić information content (AvgIpc) is 2.63. The van der Waals surface area contributed by atoms with Crippen LogP contribution in [0.25, 0.3) is 0 Å². The molecule has 0 heterocycles. The number of nitrogens with one attached hydrogen (secondary N) is 1. The second kappa shape index (κ2) is 10.1. The van der Waals surface area contributed by atoms with Crippen LogP contribution in [0, 0.1) is 13.8 Å². The molecule has 0 fully saturated rings. The lowest BCUT2D eigenvalue weighted by Crippen LogP contribution is -2.50. The van der Waals surface area contributed by atoms with E-state index in [1.165, 1.54) is 0 Å². The quantitative estimate of drug-likeness (QED) is 0.747. The van der Waals surface area contributed by atoms with E-state index in [0.717, 1.165) is 22.3 Å². The summed E-state index contributed by atoms with van der Waals surface area (Å²) in [6.07, 6.45) is 0.869. The number of nitrogens with zero attached hydrogens (tertiary/aromatic N) is 1. The van der Waals surface area contributed by atoms with Gasteiger partial charge >= 0.3 is 0 Å². The number of carbonyl (C=O) groups excluding carboxylic acids is 2. The Bertz CT molecular complexity index is 814. The van der Waals surface area contributed by atoms with E-state index < -0.39 is 6.04 Å². The summed E-state index contributed by atoms with van der Waals surface area (Å²) in [4.78, 5) is 27.8. The van der Waals surface area contributed by atoms with E-state index in [1.807, 2.05) is 77.1 Å². The van der Waals surface area contributed by atoms with Gasteiger partial charge in [-0.25, -0.2) is 0 Å². The second-order valence-corrected chi connectivity index (χ2v) is 7.70. The number of carbonyl (C=O) groups is 2. The Morgan fingerprint density at radius 3 is 2.36 bits per heavy atom. The van der Waals surface area contributed by atoms with Gasteiger partial charge in [0.2, 0.25) is 11.8 Å². The molecule has 2 rings (SSSR count). The molecule has 0 aromatic heterocycles. The zero-order chi connectivity index (χ0) is 20.7. The van der Waals surface area contributed by atoms with Gasteiger partial charge in [0.1, 0.15) is 6.04 Å². The molecule has 2 amide bonds. The van der Waals surface area contributed by atoms with Crippen molar-refractivity contribution in [3.8, 4) is 0 Å². The summed E-state index contributed by atoms with van der Waals surface area (Å²) in [6, 6.07) is 15.6. The van der Waals surface area contributed by atoms with Gasteiger partial charge in [0.15, 0.2) is 0 Å². The Hall–Kier alpha value is -2.62. The van der Waals surface area contributed by atoms with Crippen molar-refractivity contribution in [1.82, 2.24) is 10.2 Å². The standard InChI is InChI=1S/C24H32N2O2/c1-6-22(24(28)25-17(2)3)26(16-20-12-9-10-18(4)14-20)23(27)15-21-13-8-7-11-19(21)5/h7-14,17,22H,6,15-16H2,1-5H3,(H,25,28)/t22-/m1/s1. The molecular formula is C24H32N2O2. The minimum atomic E-state index is -0.487. The second-order valence-electron chi connectivity index (χ2n) is 7.70. The van der Waals surface area contributed by atoms with Crippen molar-refractivity contribution >= 4 is 11.8 Å². The van der Waals surface area contributed by atoms with Crippen LogP contribution in [0.2, 0.25) is 0 Å². The van der Waals surface area contributed by atoms with Crippen LogP contribution in [0.5, 0.6) is 0 Å². The van der Waals surface area contributed by atoms with E-state index in [4.69, 9.17) is 0 Å². The molecule has 1 atom stereocenters. The summed E-state index contributed by atoms with van der Waals surface area (Å²) in [5.41, 5.74) is 4.27. The zero-order valence-electron chi connectivity index (χ0n) is 17.7. The Kier molecular flexibility index (Phi) is 7.80. The highest BCUT2D eigenvalue weighted by atomic mass is 16.2. The van der Waals surface area contributed by atoms with E-state index in [9.17, 15) is 9.59 Å². The molecule has 2 aromatic carbocycles. The van der Waals surface area contributed by atoms with Crippen LogP contribution in [0.1, 0.15) is 49.4 Å². The van der Waals surface area contributed by atoms with Crippen molar-refractivity contribution in [2.24, 2.45) is 0 Å². The molecule has 2 aromatic rings. The van der Waals surface area contributed by atoms with Crippen molar-refractivity contribution in [3.05, 3.63) is 70.8 Å². The van der Waals surface area contributed by atoms with Crippen LogP contribution in [-0.2, 0) is 22.6 Å². The first-order valence-electron chi connectivity index (χ1n) is 10.0. The molecule has 0 bridgehead atoms. The fourth-order valence-corrected chi connectivity index (χ4v) is 3.38. The lowest BCUT2D eigenvalue weighted by molar-refractivity contribution is -0.141. The first kappa shape index (κ1) is 21.7. The smallest absolute Gasteiger partial charge is 0.243 e. The van der Waals surface area contributed by atoms with E-state index in [0.29, 0.717) is 19.4 Å². The topological polar surface area (TPSA) is 49.4 Å². The van der Waals surface area contributed by atoms with Crippen LogP contribution in [0.15, 0.2) is 48.5 Å². The first-order valence-corrected chi connectivity index (χ1v) is 10.0. The largest absolute Gasteiger partial charge is 0.352 e. The summed E-state index contributed by atoms with van der Waals surface area (Å²) >= 11 is 0. The first-order chi connectivity index (χ1) is 13.3. The lowest BCUT2D eigenvalue weighted by atomic mass is 10.0. The highest BCUT2D eigenvalue weighted by Crippen LogP contribution is 2.17. The maximum atomic E-state index is 13.3. The number of amides is 2. The third-order valence-electron chi connectivity index (χ3n) is 4.86. The minimum absolute atomic E-state index is 0.0263. The van der Waals surface area contributed by atoms with Crippen LogP contribution >= 0.6 is 0 Å². The summed E-state index contributed by atoms with van der Waals surface area (Å²) < 4.78 is 0. The number of hydrogen-bond donors (Lipinski definition) is 1. The summed E-state index contributed by atoms with van der Waals surface area (Å²) in [7, 11) is 0. The van der Waals surface area contributed by atoms with Gasteiger partial charge in [-0.3, -0.25) is 9.59 Å².